The average molecular weight is 598 g/mol. The van der Waals surface area contributed by atoms with E-state index in [1.54, 1.807) is 24.3 Å². The standard InChI is InChI=1S/C39H39N3O3/c1-39(2,3)32-23-21-27(22-24-32)26-40-38(45)35(29-14-6-4-7-15-29)42-37(44)34(41-36(43)30-16-8-5-9-17-30)25-31-19-12-18-28-13-10-11-20-33(28)31/h4-24,34-35H,25-26H2,1-3H3,(H,40,45)(H,41,43)(H,42,44)/t34-,35+/m1/s1. The van der Waals surface area contributed by atoms with Crippen molar-refractivity contribution >= 4 is 28.5 Å². The minimum absolute atomic E-state index is 0.0307. The number of rotatable bonds is 10. The van der Waals surface area contributed by atoms with Gasteiger partial charge in [0, 0.05) is 18.5 Å². The van der Waals surface area contributed by atoms with Crippen molar-refractivity contribution in [2.75, 3.05) is 0 Å². The number of carbonyl (C=O) groups is 3. The van der Waals surface area contributed by atoms with E-state index >= 15 is 0 Å². The molecule has 0 saturated heterocycles. The Bertz CT molecular complexity index is 1760. The highest BCUT2D eigenvalue weighted by molar-refractivity contribution is 5.99. The summed E-state index contributed by atoms with van der Waals surface area (Å²) in [5, 5.41) is 10.9. The van der Waals surface area contributed by atoms with Crippen molar-refractivity contribution in [3.63, 3.8) is 0 Å². The van der Waals surface area contributed by atoms with E-state index in [9.17, 15) is 14.4 Å². The fourth-order valence-corrected chi connectivity index (χ4v) is 5.33. The number of fused-ring (bicyclic) bond motifs is 1. The highest BCUT2D eigenvalue weighted by Gasteiger charge is 2.29. The minimum Gasteiger partial charge on any atom is -0.350 e. The first kappa shape index (κ1) is 31.2. The Kier molecular flexibility index (Phi) is 9.73. The largest absolute Gasteiger partial charge is 0.350 e. The summed E-state index contributed by atoms with van der Waals surface area (Å²) >= 11 is 0. The Labute approximate surface area is 264 Å². The second-order valence-electron chi connectivity index (χ2n) is 12.3. The van der Waals surface area contributed by atoms with Gasteiger partial charge in [0.1, 0.15) is 12.1 Å². The van der Waals surface area contributed by atoms with Crippen LogP contribution in [0.4, 0.5) is 0 Å². The van der Waals surface area contributed by atoms with Crippen LogP contribution in [0, 0.1) is 0 Å². The maximum absolute atomic E-state index is 14.0. The lowest BCUT2D eigenvalue weighted by Crippen LogP contribution is -2.51. The Morgan fingerprint density at radius 1 is 0.644 bits per heavy atom. The molecule has 0 aliphatic rings. The Hall–Kier alpha value is -5.23. The summed E-state index contributed by atoms with van der Waals surface area (Å²) in [6, 6.07) is 38.1. The van der Waals surface area contributed by atoms with Crippen molar-refractivity contribution in [3.05, 3.63) is 155 Å². The molecule has 0 fully saturated rings. The molecule has 0 aliphatic heterocycles. The zero-order valence-corrected chi connectivity index (χ0v) is 25.9. The lowest BCUT2D eigenvalue weighted by Gasteiger charge is -2.24. The topological polar surface area (TPSA) is 87.3 Å². The molecule has 0 radical (unpaired) electrons. The monoisotopic (exact) mass is 597 g/mol. The number of carbonyl (C=O) groups excluding carboxylic acids is 3. The van der Waals surface area contributed by atoms with Gasteiger partial charge in [-0.3, -0.25) is 14.4 Å². The van der Waals surface area contributed by atoms with Crippen LogP contribution in [0.5, 0.6) is 0 Å². The van der Waals surface area contributed by atoms with Crippen LogP contribution in [-0.2, 0) is 28.0 Å². The molecule has 2 atom stereocenters. The summed E-state index contributed by atoms with van der Waals surface area (Å²) < 4.78 is 0. The number of nitrogens with one attached hydrogen (secondary N) is 3. The van der Waals surface area contributed by atoms with Gasteiger partial charge < -0.3 is 16.0 Å². The van der Waals surface area contributed by atoms with Gasteiger partial charge in [-0.15, -0.1) is 0 Å². The smallest absolute Gasteiger partial charge is 0.251 e. The number of benzene rings is 5. The predicted octanol–water partition coefficient (Wildman–Crippen LogP) is 6.65. The second kappa shape index (κ2) is 14.0. The van der Waals surface area contributed by atoms with Crippen LogP contribution >= 0.6 is 0 Å². The summed E-state index contributed by atoms with van der Waals surface area (Å²) in [6.07, 6.45) is 0.245. The van der Waals surface area contributed by atoms with Crippen molar-refractivity contribution in [1.82, 2.24) is 16.0 Å². The normalized spacial score (nSPS) is 12.6. The SMILES string of the molecule is CC(C)(C)c1ccc(CNC(=O)[C@@H](NC(=O)[C@@H](Cc2cccc3ccccc23)NC(=O)c2ccccc2)c2ccccc2)cc1. The van der Waals surface area contributed by atoms with Crippen LogP contribution in [0.1, 0.15) is 59.4 Å². The summed E-state index contributed by atoms with van der Waals surface area (Å²) in [7, 11) is 0. The Morgan fingerprint density at radius 2 is 1.27 bits per heavy atom. The zero-order chi connectivity index (χ0) is 31.8. The first-order valence-electron chi connectivity index (χ1n) is 15.2. The van der Waals surface area contributed by atoms with Crippen LogP contribution < -0.4 is 16.0 Å². The van der Waals surface area contributed by atoms with Crippen LogP contribution in [0.15, 0.2) is 127 Å². The number of hydrogen-bond donors (Lipinski definition) is 3. The van der Waals surface area contributed by atoms with E-state index in [0.29, 0.717) is 17.7 Å². The molecule has 0 bridgehead atoms. The molecule has 5 rings (SSSR count). The molecule has 0 heterocycles. The summed E-state index contributed by atoms with van der Waals surface area (Å²) in [5.41, 5.74) is 4.21. The molecule has 0 saturated carbocycles. The van der Waals surface area contributed by atoms with Crippen molar-refractivity contribution in [2.24, 2.45) is 0 Å². The summed E-state index contributed by atoms with van der Waals surface area (Å²) in [6.45, 7) is 6.79. The van der Waals surface area contributed by atoms with E-state index in [-0.39, 0.29) is 23.7 Å². The van der Waals surface area contributed by atoms with Gasteiger partial charge in [0.2, 0.25) is 11.8 Å². The highest BCUT2D eigenvalue weighted by Crippen LogP contribution is 2.23. The predicted molar refractivity (Wildman–Crippen MR) is 180 cm³/mol. The fraction of sp³-hybridized carbons (Fsp3) is 0.205. The van der Waals surface area contributed by atoms with Crippen LogP contribution in [0.3, 0.4) is 0 Å². The third-order valence-corrected chi connectivity index (χ3v) is 7.93. The summed E-state index contributed by atoms with van der Waals surface area (Å²) in [5.74, 6) is -1.16. The lowest BCUT2D eigenvalue weighted by atomic mass is 9.87. The molecular weight excluding hydrogens is 558 g/mol. The molecule has 0 unspecified atom stereocenters. The van der Waals surface area contributed by atoms with Gasteiger partial charge in [0.15, 0.2) is 0 Å². The van der Waals surface area contributed by atoms with Crippen LogP contribution in [0.2, 0.25) is 0 Å². The van der Waals surface area contributed by atoms with Gasteiger partial charge in [-0.1, -0.05) is 136 Å². The number of amides is 3. The van der Waals surface area contributed by atoms with E-state index in [1.807, 2.05) is 91.0 Å². The van der Waals surface area contributed by atoms with Crippen LogP contribution in [0.25, 0.3) is 10.8 Å². The lowest BCUT2D eigenvalue weighted by molar-refractivity contribution is -0.130. The van der Waals surface area contributed by atoms with Crippen molar-refractivity contribution < 1.29 is 14.4 Å². The third-order valence-electron chi connectivity index (χ3n) is 7.93. The Morgan fingerprint density at radius 3 is 1.96 bits per heavy atom. The first-order chi connectivity index (χ1) is 21.7. The minimum atomic E-state index is -0.962. The van der Waals surface area contributed by atoms with E-state index in [2.05, 4.69) is 48.9 Å². The van der Waals surface area contributed by atoms with Gasteiger partial charge in [-0.05, 0) is 50.6 Å². The number of hydrogen-bond acceptors (Lipinski definition) is 3. The fourth-order valence-electron chi connectivity index (χ4n) is 5.33. The van der Waals surface area contributed by atoms with Gasteiger partial charge in [-0.2, -0.15) is 0 Å². The molecule has 45 heavy (non-hydrogen) atoms. The van der Waals surface area contributed by atoms with E-state index < -0.39 is 18.0 Å². The van der Waals surface area contributed by atoms with Gasteiger partial charge in [0.25, 0.3) is 5.91 Å². The molecule has 5 aromatic carbocycles. The molecule has 6 nitrogen and oxygen atoms in total. The van der Waals surface area contributed by atoms with Gasteiger partial charge in [-0.25, -0.2) is 0 Å². The molecule has 6 heteroatoms. The van der Waals surface area contributed by atoms with Crippen molar-refractivity contribution in [1.29, 1.82) is 0 Å². The quantitative estimate of drug-likeness (QED) is 0.168. The van der Waals surface area contributed by atoms with Crippen LogP contribution in [-0.4, -0.2) is 23.8 Å². The van der Waals surface area contributed by atoms with E-state index in [0.717, 1.165) is 21.9 Å². The molecule has 5 aromatic rings. The second-order valence-corrected chi connectivity index (χ2v) is 12.3. The maximum Gasteiger partial charge on any atom is 0.251 e. The van der Waals surface area contributed by atoms with E-state index in [1.165, 1.54) is 5.56 Å². The molecule has 0 aromatic heterocycles. The summed E-state index contributed by atoms with van der Waals surface area (Å²) in [4.78, 5) is 41.0. The zero-order valence-electron chi connectivity index (χ0n) is 25.9. The van der Waals surface area contributed by atoms with Crippen molar-refractivity contribution in [2.45, 2.75) is 51.2 Å². The Balaban J connectivity index is 1.39. The molecular formula is C39H39N3O3. The van der Waals surface area contributed by atoms with Crippen molar-refractivity contribution in [3.8, 4) is 0 Å². The molecule has 0 spiro atoms. The molecule has 0 aliphatic carbocycles. The highest BCUT2D eigenvalue weighted by atomic mass is 16.2. The van der Waals surface area contributed by atoms with E-state index in [4.69, 9.17) is 0 Å². The van der Waals surface area contributed by atoms with Gasteiger partial charge in [0.05, 0.1) is 0 Å². The third kappa shape index (κ3) is 8.03. The van der Waals surface area contributed by atoms with Gasteiger partial charge >= 0.3 is 0 Å². The average Bonchev–Trinajstić information content (AvgIpc) is 3.06. The molecule has 3 amide bonds. The molecule has 3 N–H and O–H groups in total. The molecule has 228 valence electrons. The first-order valence-corrected chi connectivity index (χ1v) is 15.2. The maximum atomic E-state index is 14.0.